The molecule has 19 heavy (non-hydrogen) atoms. The maximum atomic E-state index is 11.3. The van der Waals surface area contributed by atoms with Crippen LogP contribution in [-0.2, 0) is 19.4 Å². The zero-order valence-corrected chi connectivity index (χ0v) is 12.4. The van der Waals surface area contributed by atoms with Gasteiger partial charge in [0.1, 0.15) is 0 Å². The summed E-state index contributed by atoms with van der Waals surface area (Å²) in [4.78, 5) is 13.5. The molecule has 0 fully saturated rings. The van der Waals surface area contributed by atoms with Crippen LogP contribution in [0.4, 0.5) is 5.69 Å². The zero-order valence-electron chi connectivity index (χ0n) is 11.6. The van der Waals surface area contributed by atoms with Crippen molar-refractivity contribution < 1.29 is 17.9 Å². The zero-order chi connectivity index (χ0) is 14.6. The Hall–Kier alpha value is -1.56. The second kappa shape index (κ2) is 6.06. The summed E-state index contributed by atoms with van der Waals surface area (Å²) in [5.41, 5.74) is 0.850. The lowest BCUT2D eigenvalue weighted by Crippen LogP contribution is -2.29. The number of methoxy groups -OCH3 is 1. The Labute approximate surface area is 114 Å². The number of carbonyl (C=O) groups excluding carboxylic acids is 1. The van der Waals surface area contributed by atoms with E-state index < -0.39 is 9.84 Å². The van der Waals surface area contributed by atoms with Crippen LogP contribution in [0.2, 0.25) is 0 Å². The van der Waals surface area contributed by atoms with Crippen LogP contribution in [0.15, 0.2) is 29.2 Å². The molecule has 1 aromatic carbocycles. The molecule has 0 aliphatic carbocycles. The molecule has 1 aromatic rings. The molecule has 0 saturated heterocycles. The van der Waals surface area contributed by atoms with Gasteiger partial charge >= 0.3 is 5.97 Å². The number of esters is 1. The summed E-state index contributed by atoms with van der Waals surface area (Å²) in [6.45, 7) is 2.29. The first-order valence-electron chi connectivity index (χ1n) is 5.84. The first kappa shape index (κ1) is 15.5. The lowest BCUT2D eigenvalue weighted by molar-refractivity contribution is -0.144. The Bertz CT molecular complexity index is 536. The molecule has 0 aliphatic heterocycles. The Morgan fingerprint density at radius 3 is 2.26 bits per heavy atom. The molecule has 6 heteroatoms. The van der Waals surface area contributed by atoms with Gasteiger partial charge in [0.15, 0.2) is 9.84 Å². The van der Waals surface area contributed by atoms with E-state index in [2.05, 4.69) is 4.74 Å². The fraction of sp³-hybridized carbons (Fsp3) is 0.462. The highest BCUT2D eigenvalue weighted by Crippen LogP contribution is 2.18. The maximum Gasteiger partial charge on any atom is 0.310 e. The van der Waals surface area contributed by atoms with Crippen molar-refractivity contribution in [1.29, 1.82) is 0 Å². The highest BCUT2D eigenvalue weighted by molar-refractivity contribution is 7.90. The Morgan fingerprint density at radius 2 is 1.84 bits per heavy atom. The van der Waals surface area contributed by atoms with Crippen LogP contribution in [-0.4, -0.2) is 41.3 Å². The molecule has 0 heterocycles. The van der Waals surface area contributed by atoms with Gasteiger partial charge in [-0.1, -0.05) is 6.92 Å². The Morgan fingerprint density at radius 1 is 1.32 bits per heavy atom. The van der Waals surface area contributed by atoms with Crippen LogP contribution < -0.4 is 4.90 Å². The van der Waals surface area contributed by atoms with Gasteiger partial charge < -0.3 is 9.64 Å². The van der Waals surface area contributed by atoms with Crippen LogP contribution in [0.5, 0.6) is 0 Å². The number of nitrogens with zero attached hydrogens (tertiary/aromatic N) is 1. The molecule has 1 unspecified atom stereocenters. The average Bonchev–Trinajstić information content (AvgIpc) is 2.36. The van der Waals surface area contributed by atoms with Gasteiger partial charge in [-0.05, 0) is 24.3 Å². The fourth-order valence-corrected chi connectivity index (χ4v) is 2.37. The quantitative estimate of drug-likeness (QED) is 0.764. The third-order valence-electron chi connectivity index (χ3n) is 2.86. The van der Waals surface area contributed by atoms with Crippen LogP contribution in [0.25, 0.3) is 0 Å². The molecule has 1 rings (SSSR count). The van der Waals surface area contributed by atoms with Crippen molar-refractivity contribution in [2.24, 2.45) is 5.92 Å². The van der Waals surface area contributed by atoms with Crippen molar-refractivity contribution in [2.75, 3.05) is 31.9 Å². The minimum Gasteiger partial charge on any atom is -0.469 e. The first-order chi connectivity index (χ1) is 8.75. The van der Waals surface area contributed by atoms with Gasteiger partial charge in [0.25, 0.3) is 0 Å². The molecular formula is C13H19NO4S. The average molecular weight is 285 g/mol. The molecule has 1 atom stereocenters. The lowest BCUT2D eigenvalue weighted by Gasteiger charge is -2.22. The summed E-state index contributed by atoms with van der Waals surface area (Å²) < 4.78 is 27.4. The predicted octanol–water partition coefficient (Wildman–Crippen LogP) is 1.34. The number of anilines is 1. The summed E-state index contributed by atoms with van der Waals surface area (Å²) >= 11 is 0. The van der Waals surface area contributed by atoms with Gasteiger partial charge in [-0.25, -0.2) is 8.42 Å². The molecule has 0 radical (unpaired) electrons. The molecule has 0 saturated carbocycles. The van der Waals surface area contributed by atoms with E-state index >= 15 is 0 Å². The van der Waals surface area contributed by atoms with Gasteiger partial charge in [-0.15, -0.1) is 0 Å². The van der Waals surface area contributed by atoms with Crippen LogP contribution in [0.3, 0.4) is 0 Å². The molecular weight excluding hydrogens is 266 g/mol. The van der Waals surface area contributed by atoms with E-state index in [1.165, 1.54) is 13.4 Å². The predicted molar refractivity (Wildman–Crippen MR) is 74.0 cm³/mol. The highest BCUT2D eigenvalue weighted by Gasteiger charge is 2.16. The van der Waals surface area contributed by atoms with E-state index in [9.17, 15) is 13.2 Å². The van der Waals surface area contributed by atoms with E-state index in [4.69, 9.17) is 0 Å². The summed E-state index contributed by atoms with van der Waals surface area (Å²) in [7, 11) is 0.0246. The summed E-state index contributed by atoms with van der Waals surface area (Å²) in [5.74, 6) is -0.510. The number of hydrogen-bond donors (Lipinski definition) is 0. The van der Waals surface area contributed by atoms with Gasteiger partial charge in [0.05, 0.1) is 17.9 Å². The molecule has 0 bridgehead atoms. The summed E-state index contributed by atoms with van der Waals surface area (Å²) in [5, 5.41) is 0. The second-order valence-electron chi connectivity index (χ2n) is 4.57. The largest absolute Gasteiger partial charge is 0.469 e. The lowest BCUT2D eigenvalue weighted by atomic mass is 10.1. The fourth-order valence-electron chi connectivity index (χ4n) is 1.74. The highest BCUT2D eigenvalue weighted by atomic mass is 32.2. The first-order valence-corrected chi connectivity index (χ1v) is 7.74. The smallest absolute Gasteiger partial charge is 0.310 e. The van der Waals surface area contributed by atoms with Crippen LogP contribution >= 0.6 is 0 Å². The third-order valence-corrected chi connectivity index (χ3v) is 3.99. The van der Waals surface area contributed by atoms with Gasteiger partial charge in [0.2, 0.25) is 0 Å². The number of rotatable bonds is 5. The minimum atomic E-state index is -3.18. The van der Waals surface area contributed by atoms with Gasteiger partial charge in [-0.3, -0.25) is 4.79 Å². The normalized spacial score (nSPS) is 12.8. The van der Waals surface area contributed by atoms with Gasteiger partial charge in [-0.2, -0.15) is 0 Å². The minimum absolute atomic E-state index is 0.246. The Balaban J connectivity index is 2.79. The van der Waals surface area contributed by atoms with Crippen molar-refractivity contribution >= 4 is 21.5 Å². The van der Waals surface area contributed by atoms with Crippen molar-refractivity contribution in [3.05, 3.63) is 24.3 Å². The van der Waals surface area contributed by atoms with Crippen molar-refractivity contribution in [1.82, 2.24) is 0 Å². The third kappa shape index (κ3) is 4.24. The number of hydrogen-bond acceptors (Lipinski definition) is 5. The molecule has 0 aliphatic rings. The molecule has 106 valence electrons. The molecule has 0 aromatic heterocycles. The summed E-state index contributed by atoms with van der Waals surface area (Å²) in [6.07, 6.45) is 1.17. The summed E-state index contributed by atoms with van der Waals surface area (Å²) in [6, 6.07) is 6.56. The second-order valence-corrected chi connectivity index (χ2v) is 6.59. The SMILES string of the molecule is COC(=O)C(C)CN(C)c1ccc(S(C)(=O)=O)cc1. The molecule has 0 N–H and O–H groups in total. The van der Waals surface area contributed by atoms with Crippen LogP contribution in [0.1, 0.15) is 6.92 Å². The van der Waals surface area contributed by atoms with E-state index in [0.29, 0.717) is 6.54 Å². The van der Waals surface area contributed by atoms with E-state index in [-0.39, 0.29) is 16.8 Å². The number of ether oxygens (including phenoxy) is 1. The monoisotopic (exact) mass is 285 g/mol. The van der Waals surface area contributed by atoms with E-state index in [0.717, 1.165) is 5.69 Å². The topological polar surface area (TPSA) is 63.7 Å². The molecule has 0 amide bonds. The Kier molecular flexibility index (Phi) is 4.94. The van der Waals surface area contributed by atoms with E-state index in [1.54, 1.807) is 31.2 Å². The van der Waals surface area contributed by atoms with Crippen molar-refractivity contribution in [2.45, 2.75) is 11.8 Å². The molecule has 5 nitrogen and oxygen atoms in total. The van der Waals surface area contributed by atoms with Crippen molar-refractivity contribution in [3.63, 3.8) is 0 Å². The van der Waals surface area contributed by atoms with E-state index in [1.807, 2.05) is 11.9 Å². The van der Waals surface area contributed by atoms with Gasteiger partial charge in [0, 0.05) is 25.5 Å². The standard InChI is InChI=1S/C13H19NO4S/c1-10(13(15)18-3)9-14(2)11-5-7-12(8-6-11)19(4,16)17/h5-8,10H,9H2,1-4H3. The van der Waals surface area contributed by atoms with Crippen LogP contribution in [0, 0.1) is 5.92 Å². The van der Waals surface area contributed by atoms with Crippen molar-refractivity contribution in [3.8, 4) is 0 Å². The number of carbonyl (C=O) groups is 1. The number of benzene rings is 1. The maximum absolute atomic E-state index is 11.3. The number of sulfone groups is 1. The molecule has 0 spiro atoms.